The van der Waals surface area contributed by atoms with E-state index in [9.17, 15) is 13.2 Å². The zero-order chi connectivity index (χ0) is 14.0. The Labute approximate surface area is 111 Å². The lowest BCUT2D eigenvalue weighted by molar-refractivity contribution is -0.137. The van der Waals surface area contributed by atoms with Gasteiger partial charge in [-0.3, -0.25) is 4.98 Å². The highest BCUT2D eigenvalue weighted by Crippen LogP contribution is 2.35. The molecule has 2 nitrogen and oxygen atoms in total. The van der Waals surface area contributed by atoms with Crippen molar-refractivity contribution in [1.82, 2.24) is 4.98 Å². The summed E-state index contributed by atoms with van der Waals surface area (Å²) in [5.74, 6) is 1.06. The molecule has 5 heteroatoms. The Bertz CT molecular complexity index is 406. The van der Waals surface area contributed by atoms with Crippen molar-refractivity contribution < 1.29 is 13.2 Å². The number of pyridine rings is 1. The van der Waals surface area contributed by atoms with E-state index in [1.165, 1.54) is 6.07 Å². The van der Waals surface area contributed by atoms with Crippen molar-refractivity contribution in [2.24, 2.45) is 17.6 Å². The lowest BCUT2D eigenvalue weighted by Crippen LogP contribution is -2.26. The lowest BCUT2D eigenvalue weighted by atomic mass is 9.78. The molecule has 0 bridgehead atoms. The van der Waals surface area contributed by atoms with Gasteiger partial charge < -0.3 is 5.73 Å². The van der Waals surface area contributed by atoms with Crippen LogP contribution in [0.4, 0.5) is 13.2 Å². The van der Waals surface area contributed by atoms with Crippen LogP contribution in [0, 0.1) is 11.8 Å². The Kier molecular flexibility index (Phi) is 4.13. The zero-order valence-electron chi connectivity index (χ0n) is 11.0. The Hall–Kier alpha value is -1.10. The van der Waals surface area contributed by atoms with Gasteiger partial charge in [0.1, 0.15) is 0 Å². The Morgan fingerprint density at radius 3 is 2.32 bits per heavy atom. The Morgan fingerprint density at radius 2 is 1.84 bits per heavy atom. The van der Waals surface area contributed by atoms with Crippen LogP contribution in [0.15, 0.2) is 18.3 Å². The van der Waals surface area contributed by atoms with Gasteiger partial charge in [-0.05, 0) is 36.8 Å². The van der Waals surface area contributed by atoms with Crippen molar-refractivity contribution in [1.29, 1.82) is 0 Å². The first kappa shape index (κ1) is 14.3. The van der Waals surface area contributed by atoms with Crippen molar-refractivity contribution in [2.45, 2.75) is 44.8 Å². The van der Waals surface area contributed by atoms with Crippen LogP contribution in [0.2, 0.25) is 0 Å². The summed E-state index contributed by atoms with van der Waals surface area (Å²) in [6.07, 6.45) is 0.880. The molecule has 19 heavy (non-hydrogen) atoms. The lowest BCUT2D eigenvalue weighted by Gasteiger charge is -2.30. The third kappa shape index (κ3) is 3.47. The summed E-state index contributed by atoms with van der Waals surface area (Å²) in [4.78, 5) is 3.89. The number of rotatable bonds is 2. The second kappa shape index (κ2) is 5.49. The molecule has 1 aliphatic carbocycles. The second-order valence-electron chi connectivity index (χ2n) is 5.52. The van der Waals surface area contributed by atoms with Crippen LogP contribution in [0.1, 0.15) is 49.9 Å². The van der Waals surface area contributed by atoms with Gasteiger partial charge in [-0.1, -0.05) is 19.8 Å². The summed E-state index contributed by atoms with van der Waals surface area (Å²) in [5, 5.41) is 0. The van der Waals surface area contributed by atoms with Crippen molar-refractivity contribution >= 4 is 0 Å². The molecule has 106 valence electrons. The molecule has 1 heterocycles. The molecule has 0 saturated heterocycles. The molecule has 2 N–H and O–H groups in total. The van der Waals surface area contributed by atoms with E-state index in [2.05, 4.69) is 11.9 Å². The van der Waals surface area contributed by atoms with Gasteiger partial charge in [-0.15, -0.1) is 0 Å². The molecule has 0 radical (unpaired) electrons. The largest absolute Gasteiger partial charge is 0.417 e. The molecule has 0 spiro atoms. The van der Waals surface area contributed by atoms with Crippen LogP contribution >= 0.6 is 0 Å². The first-order chi connectivity index (χ1) is 8.88. The molecule has 1 aromatic heterocycles. The maximum atomic E-state index is 12.4. The van der Waals surface area contributed by atoms with Crippen LogP contribution in [-0.2, 0) is 6.18 Å². The molecule has 1 unspecified atom stereocenters. The highest BCUT2D eigenvalue weighted by molar-refractivity contribution is 5.19. The molecule has 1 atom stereocenters. The predicted molar refractivity (Wildman–Crippen MR) is 67.3 cm³/mol. The maximum absolute atomic E-state index is 12.4. The van der Waals surface area contributed by atoms with Crippen molar-refractivity contribution in [3.05, 3.63) is 29.6 Å². The van der Waals surface area contributed by atoms with Gasteiger partial charge in [0.05, 0.1) is 11.3 Å². The van der Waals surface area contributed by atoms with E-state index in [1.807, 2.05) is 0 Å². The van der Waals surface area contributed by atoms with Crippen molar-refractivity contribution in [3.63, 3.8) is 0 Å². The van der Waals surface area contributed by atoms with E-state index >= 15 is 0 Å². The fourth-order valence-corrected chi connectivity index (χ4v) is 2.66. The average Bonchev–Trinajstić information content (AvgIpc) is 2.38. The van der Waals surface area contributed by atoms with E-state index in [0.717, 1.165) is 43.9 Å². The van der Waals surface area contributed by atoms with Gasteiger partial charge in [-0.2, -0.15) is 13.2 Å². The van der Waals surface area contributed by atoms with E-state index in [-0.39, 0.29) is 6.04 Å². The van der Waals surface area contributed by atoms with Gasteiger partial charge in [0.15, 0.2) is 0 Å². The molecule has 1 aliphatic rings. The molecule has 0 amide bonds. The standard InChI is InChI=1S/C14H19F3N2/c1-9-2-4-10(5-3-9)13(18)12-7-6-11(8-19-12)14(15,16)17/h6-10,13H,2-5,18H2,1H3. The Balaban J connectivity index is 2.05. The summed E-state index contributed by atoms with van der Waals surface area (Å²) < 4.78 is 37.3. The summed E-state index contributed by atoms with van der Waals surface area (Å²) in [6, 6.07) is 2.22. The molecule has 2 rings (SSSR count). The van der Waals surface area contributed by atoms with E-state index in [0.29, 0.717) is 11.6 Å². The van der Waals surface area contributed by atoms with Gasteiger partial charge in [0.25, 0.3) is 0 Å². The number of nitrogens with zero attached hydrogens (tertiary/aromatic N) is 1. The Morgan fingerprint density at radius 1 is 1.21 bits per heavy atom. The SMILES string of the molecule is CC1CCC(C(N)c2ccc(C(F)(F)F)cn2)CC1. The minimum Gasteiger partial charge on any atom is -0.322 e. The number of halogens is 3. The highest BCUT2D eigenvalue weighted by Gasteiger charge is 2.31. The quantitative estimate of drug-likeness (QED) is 0.886. The topological polar surface area (TPSA) is 38.9 Å². The minimum atomic E-state index is -4.34. The molecule has 1 saturated carbocycles. The predicted octanol–water partition coefficient (Wildman–Crippen LogP) is 3.93. The minimum absolute atomic E-state index is 0.255. The average molecular weight is 272 g/mol. The number of hydrogen-bond acceptors (Lipinski definition) is 2. The number of hydrogen-bond donors (Lipinski definition) is 1. The molecule has 1 fully saturated rings. The van der Waals surface area contributed by atoms with Crippen LogP contribution in [-0.4, -0.2) is 4.98 Å². The number of nitrogens with two attached hydrogens (primary N) is 1. The summed E-state index contributed by atoms with van der Waals surface area (Å²) >= 11 is 0. The monoisotopic (exact) mass is 272 g/mol. The molecular formula is C14H19F3N2. The molecule has 0 aromatic carbocycles. The molecule has 1 aromatic rings. The smallest absolute Gasteiger partial charge is 0.322 e. The number of alkyl halides is 3. The van der Waals surface area contributed by atoms with Crippen molar-refractivity contribution in [3.8, 4) is 0 Å². The van der Waals surface area contributed by atoms with Crippen LogP contribution in [0.5, 0.6) is 0 Å². The second-order valence-corrected chi connectivity index (χ2v) is 5.52. The maximum Gasteiger partial charge on any atom is 0.417 e. The van der Waals surface area contributed by atoms with Gasteiger partial charge >= 0.3 is 6.18 Å². The zero-order valence-corrected chi connectivity index (χ0v) is 11.0. The van der Waals surface area contributed by atoms with Crippen molar-refractivity contribution in [2.75, 3.05) is 0 Å². The van der Waals surface area contributed by atoms with E-state index in [1.54, 1.807) is 0 Å². The van der Waals surface area contributed by atoms with Gasteiger partial charge in [0.2, 0.25) is 0 Å². The van der Waals surface area contributed by atoms with E-state index < -0.39 is 11.7 Å². The summed E-state index contributed by atoms with van der Waals surface area (Å²) in [7, 11) is 0. The fourth-order valence-electron chi connectivity index (χ4n) is 2.66. The third-order valence-corrected chi connectivity index (χ3v) is 4.02. The normalized spacial score (nSPS) is 26.2. The third-order valence-electron chi connectivity index (χ3n) is 4.02. The molecule has 0 aliphatic heterocycles. The first-order valence-electron chi connectivity index (χ1n) is 6.66. The van der Waals surface area contributed by atoms with Crippen LogP contribution < -0.4 is 5.73 Å². The highest BCUT2D eigenvalue weighted by atomic mass is 19.4. The van der Waals surface area contributed by atoms with Gasteiger partial charge in [-0.25, -0.2) is 0 Å². The first-order valence-corrected chi connectivity index (χ1v) is 6.66. The molecular weight excluding hydrogens is 253 g/mol. The number of aromatic nitrogens is 1. The van der Waals surface area contributed by atoms with Gasteiger partial charge in [0, 0.05) is 12.2 Å². The van der Waals surface area contributed by atoms with Crippen LogP contribution in [0.3, 0.4) is 0 Å². The van der Waals surface area contributed by atoms with Crippen LogP contribution in [0.25, 0.3) is 0 Å². The van der Waals surface area contributed by atoms with E-state index in [4.69, 9.17) is 5.73 Å². The fraction of sp³-hybridized carbons (Fsp3) is 0.643. The summed E-state index contributed by atoms with van der Waals surface area (Å²) in [6.45, 7) is 2.22. The summed E-state index contributed by atoms with van der Waals surface area (Å²) in [5.41, 5.74) is 5.97.